The zero-order valence-corrected chi connectivity index (χ0v) is 39.6. The SMILES string of the molecule is C[C@@H](NC(=O)CN1CCN(CC(=O)N[C@H](C)c2ccccc2)CCN(Cc2ccc3c(=O)c4ccccc4oc3n2)CCN(CC(=O)N[C@H](C)c2ccccc2)CC1)c1ccccc1.[Tb+4]. The van der Waals surface area contributed by atoms with Crippen molar-refractivity contribution in [2.24, 2.45) is 0 Å². The van der Waals surface area contributed by atoms with Crippen LogP contribution in [0.5, 0.6) is 0 Å². The van der Waals surface area contributed by atoms with E-state index in [0.29, 0.717) is 75.3 Å². The van der Waals surface area contributed by atoms with Crippen molar-refractivity contribution >= 4 is 39.8 Å². The van der Waals surface area contributed by atoms with E-state index in [1.807, 2.05) is 130 Å². The van der Waals surface area contributed by atoms with Crippen molar-refractivity contribution in [2.75, 3.05) is 72.0 Å². The second-order valence-electron chi connectivity index (χ2n) is 16.8. The fraction of sp³-hybridized carbons (Fsp3) is 0.353. The van der Waals surface area contributed by atoms with Gasteiger partial charge in [-0.05, 0) is 61.7 Å². The van der Waals surface area contributed by atoms with Crippen LogP contribution in [0.3, 0.4) is 0 Å². The monoisotopic (exact) mass is 1020 g/mol. The Morgan fingerprint density at radius 2 is 0.877 bits per heavy atom. The van der Waals surface area contributed by atoms with Gasteiger partial charge in [-0.15, -0.1) is 0 Å². The molecule has 1 fully saturated rings. The molecule has 7 rings (SSSR count). The van der Waals surface area contributed by atoms with E-state index in [1.165, 1.54) is 0 Å². The van der Waals surface area contributed by atoms with Gasteiger partial charge in [-0.3, -0.25) is 38.8 Å². The number of amides is 3. The van der Waals surface area contributed by atoms with Gasteiger partial charge in [0.2, 0.25) is 28.9 Å². The van der Waals surface area contributed by atoms with E-state index in [9.17, 15) is 19.2 Å². The molecule has 4 aromatic carbocycles. The first-order valence-corrected chi connectivity index (χ1v) is 22.3. The number of nitrogens with one attached hydrogen (secondary N) is 3. The first-order valence-electron chi connectivity index (χ1n) is 22.3. The van der Waals surface area contributed by atoms with Gasteiger partial charge in [0.15, 0.2) is 0 Å². The van der Waals surface area contributed by atoms with Gasteiger partial charge in [0.25, 0.3) is 0 Å². The molecule has 3 heterocycles. The number of hydrogen-bond donors (Lipinski definition) is 3. The van der Waals surface area contributed by atoms with E-state index in [-0.39, 0.29) is 105 Å². The summed E-state index contributed by atoms with van der Waals surface area (Å²) in [5, 5.41) is 10.5. The van der Waals surface area contributed by atoms with Gasteiger partial charge in [-0.1, -0.05) is 103 Å². The minimum absolute atomic E-state index is 0. The third-order valence-electron chi connectivity index (χ3n) is 11.9. The normalized spacial score (nSPS) is 16.3. The maximum Gasteiger partial charge on any atom is 4.00 e. The number of aromatic nitrogens is 1. The zero-order valence-electron chi connectivity index (χ0n) is 37.5. The van der Waals surface area contributed by atoms with Crippen LogP contribution in [0.4, 0.5) is 0 Å². The molecule has 3 amide bonds. The molecule has 0 unspecified atom stereocenters. The third kappa shape index (κ3) is 14.5. The van der Waals surface area contributed by atoms with Crippen molar-refractivity contribution in [3.05, 3.63) is 160 Å². The molecule has 3 N–H and O–H groups in total. The Bertz CT molecular complexity index is 2450. The molecule has 13 nitrogen and oxygen atoms in total. The summed E-state index contributed by atoms with van der Waals surface area (Å²) in [5.74, 6) is -0.268. The van der Waals surface area contributed by atoms with E-state index in [4.69, 9.17) is 9.40 Å². The molecule has 65 heavy (non-hydrogen) atoms. The molecule has 339 valence electrons. The molecule has 0 saturated carbocycles. The van der Waals surface area contributed by atoms with Gasteiger partial charge >= 0.3 is 38.6 Å². The number of para-hydroxylation sites is 1. The standard InChI is InChI=1S/C51H60N8O5.Tb/c1-37(40-15-7-4-8-16-40)52-47(60)34-57-27-25-56(33-43-23-24-45-50(63)44-21-13-14-22-46(44)64-51(45)55-43)26-28-58(35-48(61)53-38(2)41-17-9-5-10-18-41)30-32-59(31-29-57)36-49(62)54-39(3)42-19-11-6-12-20-42;/h4-24,37-39H,25-36H2,1-3H3,(H,52,60)(H,53,61)(H,54,62);/q;+4/t37-,38-,39-;/m1./s1. The second-order valence-corrected chi connectivity index (χ2v) is 16.8. The number of fused-ring (bicyclic) bond motifs is 2. The topological polar surface area (TPSA) is 143 Å². The quantitative estimate of drug-likeness (QED) is 0.117. The molecule has 14 heteroatoms. The maximum absolute atomic E-state index is 13.7. The summed E-state index contributed by atoms with van der Waals surface area (Å²) in [5.41, 5.74) is 4.46. The molecule has 0 aliphatic carbocycles. The molecular weight excluding hydrogens is 964 g/mol. The summed E-state index contributed by atoms with van der Waals surface area (Å²) in [6, 6.07) is 40.0. The van der Waals surface area contributed by atoms with Gasteiger partial charge in [0, 0.05) is 58.9 Å². The Labute approximate surface area is 412 Å². The zero-order chi connectivity index (χ0) is 44.8. The number of benzene rings is 4. The Morgan fingerprint density at radius 3 is 1.29 bits per heavy atom. The molecule has 1 saturated heterocycles. The van der Waals surface area contributed by atoms with Crippen LogP contribution in [-0.4, -0.2) is 114 Å². The van der Waals surface area contributed by atoms with Crippen molar-refractivity contribution < 1.29 is 57.4 Å². The summed E-state index contributed by atoms with van der Waals surface area (Å²) in [6.45, 7) is 11.3. The van der Waals surface area contributed by atoms with Crippen molar-refractivity contribution in [1.29, 1.82) is 0 Å². The van der Waals surface area contributed by atoms with Gasteiger partial charge in [-0.25, -0.2) is 4.98 Å². The Kier molecular flexibility index (Phi) is 18.7. The van der Waals surface area contributed by atoms with Crippen LogP contribution >= 0.6 is 0 Å². The number of carbonyl (C=O) groups excluding carboxylic acids is 3. The Hall–Kier alpha value is -4.96. The van der Waals surface area contributed by atoms with Gasteiger partial charge in [-0.2, -0.15) is 0 Å². The summed E-state index contributed by atoms with van der Waals surface area (Å²) in [4.78, 5) is 67.9. The largest absolute Gasteiger partial charge is 4.00 e. The van der Waals surface area contributed by atoms with Gasteiger partial charge in [0.05, 0.1) is 54.2 Å². The number of carbonyl (C=O) groups is 3. The second kappa shape index (κ2) is 24.5. The van der Waals surface area contributed by atoms with Crippen LogP contribution < -0.4 is 21.4 Å². The van der Waals surface area contributed by atoms with E-state index in [2.05, 4.69) is 35.6 Å². The summed E-state index contributed by atoms with van der Waals surface area (Å²) < 4.78 is 6.13. The molecule has 3 atom stereocenters. The van der Waals surface area contributed by atoms with Gasteiger partial charge < -0.3 is 20.4 Å². The van der Waals surface area contributed by atoms with Gasteiger partial charge in [0.1, 0.15) is 5.58 Å². The van der Waals surface area contributed by atoms with Crippen LogP contribution in [0.1, 0.15) is 61.3 Å². The maximum atomic E-state index is 13.7. The van der Waals surface area contributed by atoms with Crippen LogP contribution in [0.2, 0.25) is 0 Å². The van der Waals surface area contributed by atoms with Crippen molar-refractivity contribution in [2.45, 2.75) is 45.4 Å². The van der Waals surface area contributed by atoms with E-state index in [1.54, 1.807) is 18.2 Å². The molecule has 6 aromatic rings. The number of hydrogen-bond acceptors (Lipinski definition) is 10. The molecule has 2 aromatic heterocycles. The predicted molar refractivity (Wildman–Crippen MR) is 251 cm³/mol. The average Bonchev–Trinajstić information content (AvgIpc) is 3.30. The first-order chi connectivity index (χ1) is 31.1. The fourth-order valence-electron chi connectivity index (χ4n) is 8.20. The summed E-state index contributed by atoms with van der Waals surface area (Å²) >= 11 is 0. The summed E-state index contributed by atoms with van der Waals surface area (Å²) in [7, 11) is 0. The van der Waals surface area contributed by atoms with E-state index >= 15 is 0 Å². The predicted octanol–water partition coefficient (Wildman–Crippen LogP) is 5.70. The Morgan fingerprint density at radius 1 is 0.508 bits per heavy atom. The van der Waals surface area contributed by atoms with Crippen LogP contribution in [-0.2, 0) is 20.9 Å². The number of nitrogens with zero attached hydrogens (tertiary/aromatic N) is 5. The molecule has 0 spiro atoms. The average molecular weight is 1020 g/mol. The van der Waals surface area contributed by atoms with E-state index < -0.39 is 0 Å². The smallest absolute Gasteiger partial charge is 0.437 e. The minimum atomic E-state index is -0.168. The Balaban J connectivity index is 0.00000700. The third-order valence-corrected chi connectivity index (χ3v) is 11.9. The first kappa shape index (κ1) is 49.5. The van der Waals surface area contributed by atoms with Crippen molar-refractivity contribution in [3.8, 4) is 0 Å². The molecule has 0 bridgehead atoms. The van der Waals surface area contributed by atoms with Crippen LogP contribution in [0.25, 0.3) is 22.1 Å². The van der Waals surface area contributed by atoms with E-state index in [0.717, 1.165) is 22.4 Å². The van der Waals surface area contributed by atoms with Crippen LogP contribution in [0.15, 0.2) is 137 Å². The van der Waals surface area contributed by atoms with Crippen LogP contribution in [0, 0.1) is 38.6 Å². The molecular formula is C51H60N8O5Tb+4. The minimum Gasteiger partial charge on any atom is -0.437 e. The fourth-order valence-corrected chi connectivity index (χ4v) is 8.20. The van der Waals surface area contributed by atoms with Crippen molar-refractivity contribution in [3.63, 3.8) is 0 Å². The molecule has 1 aliphatic heterocycles. The number of pyridine rings is 1. The summed E-state index contributed by atoms with van der Waals surface area (Å²) in [6.07, 6.45) is 0. The van der Waals surface area contributed by atoms with Crippen molar-refractivity contribution in [1.82, 2.24) is 40.5 Å². The molecule has 1 radical (unpaired) electrons. The number of rotatable bonds is 14. The molecule has 1 aliphatic rings.